The first-order valence-electron chi connectivity index (χ1n) is 13.2. The Morgan fingerprint density at radius 2 is 1.60 bits per heavy atom. The van der Waals surface area contributed by atoms with Crippen LogP contribution in [0.5, 0.6) is 0 Å². The highest BCUT2D eigenvalue weighted by molar-refractivity contribution is 7.92. The van der Waals surface area contributed by atoms with Crippen LogP contribution in [0.2, 0.25) is 5.02 Å². The fourth-order valence-electron chi connectivity index (χ4n) is 4.32. The minimum Gasteiger partial charge on any atom is -0.354 e. The second kappa shape index (κ2) is 14.8. The first kappa shape index (κ1) is 31.1. The van der Waals surface area contributed by atoms with Crippen molar-refractivity contribution in [2.75, 3.05) is 23.7 Å². The maximum atomic E-state index is 13.7. The Morgan fingerprint density at radius 3 is 2.20 bits per heavy atom. The van der Waals surface area contributed by atoms with Crippen molar-refractivity contribution in [2.45, 2.75) is 45.2 Å². The Hall–Kier alpha value is -3.43. The number of carbonyl (C=O) groups excluding carboxylic acids is 2. The molecule has 214 valence electrons. The van der Waals surface area contributed by atoms with E-state index in [2.05, 4.69) is 5.32 Å². The molecule has 0 aromatic heterocycles. The van der Waals surface area contributed by atoms with Gasteiger partial charge in [-0.2, -0.15) is 0 Å². The molecule has 3 aromatic rings. The smallest absolute Gasteiger partial charge is 0.243 e. The molecule has 1 N–H and O–H groups in total. The van der Waals surface area contributed by atoms with Crippen LogP contribution in [-0.2, 0) is 32.6 Å². The van der Waals surface area contributed by atoms with E-state index in [1.165, 1.54) is 21.3 Å². The van der Waals surface area contributed by atoms with Crippen LogP contribution in [0.3, 0.4) is 0 Å². The molecule has 0 radical (unpaired) electrons. The highest BCUT2D eigenvalue weighted by atomic mass is 35.5. The number of rotatable bonds is 14. The molecule has 0 fully saturated rings. The van der Waals surface area contributed by atoms with Crippen molar-refractivity contribution in [2.24, 2.45) is 0 Å². The second-order valence-corrected chi connectivity index (χ2v) is 11.9. The van der Waals surface area contributed by atoms with Crippen molar-refractivity contribution in [1.29, 1.82) is 0 Å². The van der Waals surface area contributed by atoms with E-state index < -0.39 is 21.9 Å². The maximum Gasteiger partial charge on any atom is 0.243 e. The van der Waals surface area contributed by atoms with Gasteiger partial charge in [-0.15, -0.1) is 0 Å². The van der Waals surface area contributed by atoms with Gasteiger partial charge in [0, 0.05) is 37.5 Å². The van der Waals surface area contributed by atoms with E-state index in [1.807, 2.05) is 37.3 Å². The topological polar surface area (TPSA) is 86.8 Å². The number of anilines is 1. The number of carbonyl (C=O) groups is 2. The summed E-state index contributed by atoms with van der Waals surface area (Å²) in [6, 6.07) is 20.9. The summed E-state index contributed by atoms with van der Waals surface area (Å²) in [5, 5.41) is 3.39. The van der Waals surface area contributed by atoms with E-state index in [-0.39, 0.29) is 37.7 Å². The molecule has 1 atom stereocenters. The summed E-state index contributed by atoms with van der Waals surface area (Å²) in [5.41, 5.74) is 2.01. The van der Waals surface area contributed by atoms with Crippen molar-refractivity contribution in [3.05, 3.63) is 101 Å². The maximum absolute atomic E-state index is 13.7. The third kappa shape index (κ3) is 9.34. The lowest BCUT2D eigenvalue weighted by atomic mass is 10.0. The molecule has 0 unspecified atom stereocenters. The van der Waals surface area contributed by atoms with Gasteiger partial charge in [0.1, 0.15) is 11.9 Å². The molecule has 0 heterocycles. The van der Waals surface area contributed by atoms with Crippen LogP contribution in [0, 0.1) is 5.82 Å². The molecule has 3 rings (SSSR count). The number of nitrogens with one attached hydrogen (secondary N) is 1. The van der Waals surface area contributed by atoms with Crippen LogP contribution in [-0.4, -0.2) is 50.5 Å². The molecule has 10 heteroatoms. The van der Waals surface area contributed by atoms with Crippen LogP contribution in [0.1, 0.15) is 37.3 Å². The highest BCUT2D eigenvalue weighted by Crippen LogP contribution is 2.22. The zero-order valence-electron chi connectivity index (χ0n) is 22.7. The zero-order chi connectivity index (χ0) is 29.1. The van der Waals surface area contributed by atoms with Crippen molar-refractivity contribution in [3.8, 4) is 0 Å². The first-order valence-corrected chi connectivity index (χ1v) is 15.4. The van der Waals surface area contributed by atoms with Gasteiger partial charge >= 0.3 is 0 Å². The van der Waals surface area contributed by atoms with Crippen LogP contribution >= 0.6 is 11.6 Å². The standard InChI is InChI=1S/C30H35ClFN3O4S/c1-3-19-33-30(37)28(21-23-8-5-4-6-9-23)34(22-24-11-15-26(32)16-12-24)29(36)10-7-20-35(40(2,38)39)27-17-13-25(31)14-18-27/h4-6,8-9,11-18,28H,3,7,10,19-22H2,1-2H3,(H,33,37)/t28-/m1/s1. The SMILES string of the molecule is CCCNC(=O)[C@@H](Cc1ccccc1)N(Cc1ccc(F)cc1)C(=O)CCCN(c1ccc(Cl)cc1)S(C)(=O)=O. The Kier molecular flexibility index (Phi) is 11.5. The van der Waals surface area contributed by atoms with Crippen molar-refractivity contribution in [3.63, 3.8) is 0 Å². The molecular weight excluding hydrogens is 553 g/mol. The number of hydrogen-bond acceptors (Lipinski definition) is 4. The van der Waals surface area contributed by atoms with E-state index in [9.17, 15) is 22.4 Å². The quantitative estimate of drug-likeness (QED) is 0.281. The summed E-state index contributed by atoms with van der Waals surface area (Å²) in [6.07, 6.45) is 2.37. The van der Waals surface area contributed by atoms with Gasteiger partial charge in [0.05, 0.1) is 11.9 Å². The fourth-order valence-corrected chi connectivity index (χ4v) is 5.41. The van der Waals surface area contributed by atoms with Crippen molar-refractivity contribution >= 4 is 39.1 Å². The van der Waals surface area contributed by atoms with Gasteiger partial charge in [-0.05, 0) is 60.4 Å². The number of hydrogen-bond donors (Lipinski definition) is 1. The van der Waals surface area contributed by atoms with Gasteiger partial charge in [-0.3, -0.25) is 13.9 Å². The molecular formula is C30H35ClFN3O4S. The number of amides is 2. The van der Waals surface area contributed by atoms with Gasteiger partial charge in [0.15, 0.2) is 0 Å². The lowest BCUT2D eigenvalue weighted by molar-refractivity contribution is -0.141. The van der Waals surface area contributed by atoms with E-state index in [4.69, 9.17) is 11.6 Å². The average Bonchev–Trinajstić information content (AvgIpc) is 2.93. The summed E-state index contributed by atoms with van der Waals surface area (Å²) < 4.78 is 39.8. The summed E-state index contributed by atoms with van der Waals surface area (Å²) in [4.78, 5) is 28.6. The molecule has 3 aromatic carbocycles. The zero-order valence-corrected chi connectivity index (χ0v) is 24.3. The molecule has 7 nitrogen and oxygen atoms in total. The van der Waals surface area contributed by atoms with Gasteiger partial charge in [-0.25, -0.2) is 12.8 Å². The van der Waals surface area contributed by atoms with Crippen LogP contribution in [0.25, 0.3) is 0 Å². The summed E-state index contributed by atoms with van der Waals surface area (Å²) >= 11 is 5.96. The van der Waals surface area contributed by atoms with Gasteiger partial charge < -0.3 is 10.2 Å². The number of nitrogens with zero attached hydrogens (tertiary/aromatic N) is 2. The monoisotopic (exact) mass is 587 g/mol. The van der Waals surface area contributed by atoms with E-state index >= 15 is 0 Å². The Bertz CT molecular complexity index is 1350. The predicted molar refractivity (Wildman–Crippen MR) is 157 cm³/mol. The molecule has 0 aliphatic heterocycles. The van der Waals surface area contributed by atoms with Crippen molar-refractivity contribution < 1.29 is 22.4 Å². The van der Waals surface area contributed by atoms with Gasteiger partial charge in [0.25, 0.3) is 0 Å². The van der Waals surface area contributed by atoms with Crippen LogP contribution < -0.4 is 9.62 Å². The number of sulfonamides is 1. The van der Waals surface area contributed by atoms with Crippen LogP contribution in [0.15, 0.2) is 78.9 Å². The summed E-state index contributed by atoms with van der Waals surface area (Å²) in [7, 11) is -3.62. The third-order valence-electron chi connectivity index (χ3n) is 6.35. The van der Waals surface area contributed by atoms with E-state index in [0.29, 0.717) is 29.2 Å². The van der Waals surface area contributed by atoms with Gasteiger partial charge in [0.2, 0.25) is 21.8 Å². The second-order valence-electron chi connectivity index (χ2n) is 9.56. The average molecular weight is 588 g/mol. The molecule has 0 saturated heterocycles. The summed E-state index contributed by atoms with van der Waals surface area (Å²) in [5.74, 6) is -0.979. The molecule has 0 aliphatic rings. The predicted octanol–water partition coefficient (Wildman–Crippen LogP) is 5.19. The highest BCUT2D eigenvalue weighted by Gasteiger charge is 2.30. The minimum atomic E-state index is -3.62. The molecule has 2 amide bonds. The number of benzene rings is 3. The molecule has 0 saturated carbocycles. The lowest BCUT2D eigenvalue weighted by Gasteiger charge is -2.32. The summed E-state index contributed by atoms with van der Waals surface area (Å²) in [6.45, 7) is 2.58. The number of halogens is 2. The van der Waals surface area contributed by atoms with Crippen molar-refractivity contribution in [1.82, 2.24) is 10.2 Å². The molecule has 0 aliphatic carbocycles. The molecule has 0 spiro atoms. The van der Waals surface area contributed by atoms with Crippen LogP contribution in [0.4, 0.5) is 10.1 Å². The minimum absolute atomic E-state index is 0.00710. The Balaban J connectivity index is 1.85. The Labute approximate surface area is 241 Å². The van der Waals surface area contributed by atoms with E-state index in [1.54, 1.807) is 36.4 Å². The van der Waals surface area contributed by atoms with E-state index in [0.717, 1.165) is 18.2 Å². The van der Waals surface area contributed by atoms with Gasteiger partial charge in [-0.1, -0.05) is 61.0 Å². The lowest BCUT2D eigenvalue weighted by Crippen LogP contribution is -2.50. The fraction of sp³-hybridized carbons (Fsp3) is 0.333. The third-order valence-corrected chi connectivity index (χ3v) is 7.80. The molecule has 40 heavy (non-hydrogen) atoms. The largest absolute Gasteiger partial charge is 0.354 e. The molecule has 0 bridgehead atoms. The first-order chi connectivity index (χ1) is 19.1. The normalized spacial score (nSPS) is 12.0. The Morgan fingerprint density at radius 1 is 0.950 bits per heavy atom.